The minimum atomic E-state index is 0.893. The maximum Gasteiger partial charge on any atom is 0.143 e. The van der Waals surface area contributed by atoms with Gasteiger partial charge >= 0.3 is 0 Å². The number of anilines is 3. The molecule has 0 radical (unpaired) electrons. The summed E-state index contributed by atoms with van der Waals surface area (Å²) in [5, 5.41) is 7.38. The van der Waals surface area contributed by atoms with E-state index in [-0.39, 0.29) is 0 Å². The highest BCUT2D eigenvalue weighted by Gasteiger charge is 2.17. The average molecular weight is 796 g/mol. The molecule has 0 bridgehead atoms. The second-order valence-electron chi connectivity index (χ2n) is 15.6. The van der Waals surface area contributed by atoms with Gasteiger partial charge in [-0.3, -0.25) is 0 Å². The van der Waals surface area contributed by atoms with Crippen LogP contribution in [0.2, 0.25) is 0 Å². The lowest BCUT2D eigenvalue weighted by Crippen LogP contribution is -2.09. The zero-order chi connectivity index (χ0) is 40.3. The molecular formula is C58H37NOS. The zero-order valence-corrected chi connectivity index (χ0v) is 33.9. The number of para-hydroxylation sites is 1. The third kappa shape index (κ3) is 6.09. The Morgan fingerprint density at radius 3 is 1.61 bits per heavy atom. The van der Waals surface area contributed by atoms with Crippen LogP contribution >= 0.6 is 11.3 Å². The number of hydrogen-bond acceptors (Lipinski definition) is 3. The molecule has 2 heterocycles. The molecule has 0 amide bonds. The summed E-state index contributed by atoms with van der Waals surface area (Å²) < 4.78 is 9.14. The van der Waals surface area contributed by atoms with Crippen LogP contribution in [0.25, 0.3) is 97.4 Å². The van der Waals surface area contributed by atoms with Gasteiger partial charge < -0.3 is 9.32 Å². The van der Waals surface area contributed by atoms with Gasteiger partial charge in [-0.05, 0) is 104 Å². The van der Waals surface area contributed by atoms with Crippen LogP contribution < -0.4 is 4.90 Å². The number of nitrogens with zero attached hydrogens (tertiary/aromatic N) is 1. The summed E-state index contributed by atoms with van der Waals surface area (Å²) >= 11 is 1.87. The van der Waals surface area contributed by atoms with Crippen LogP contribution in [0.1, 0.15) is 0 Å². The van der Waals surface area contributed by atoms with Crippen molar-refractivity contribution in [2.75, 3.05) is 4.90 Å². The number of benzene rings is 10. The molecule has 0 aliphatic rings. The van der Waals surface area contributed by atoms with Crippen LogP contribution in [-0.4, -0.2) is 0 Å². The topological polar surface area (TPSA) is 16.4 Å². The molecule has 0 aliphatic heterocycles. The van der Waals surface area contributed by atoms with E-state index in [1.807, 2.05) is 17.4 Å². The summed E-state index contributed by atoms with van der Waals surface area (Å²) in [5.41, 5.74) is 14.6. The first-order chi connectivity index (χ1) is 30.2. The number of fused-ring (bicyclic) bond motifs is 7. The van der Waals surface area contributed by atoms with Gasteiger partial charge in [-0.2, -0.15) is 0 Å². The van der Waals surface area contributed by atoms with E-state index in [0.29, 0.717) is 0 Å². The Hall–Kier alpha value is -7.72. The van der Waals surface area contributed by atoms with Crippen LogP contribution in [0.4, 0.5) is 17.1 Å². The Morgan fingerprint density at radius 2 is 0.852 bits per heavy atom. The van der Waals surface area contributed by atoms with Gasteiger partial charge in [0, 0.05) is 53.6 Å². The first kappa shape index (κ1) is 35.2. The van der Waals surface area contributed by atoms with Crippen molar-refractivity contribution in [2.24, 2.45) is 0 Å². The van der Waals surface area contributed by atoms with Crippen LogP contribution in [0.3, 0.4) is 0 Å². The van der Waals surface area contributed by atoms with E-state index < -0.39 is 0 Å². The van der Waals surface area contributed by atoms with E-state index in [9.17, 15) is 0 Å². The largest absolute Gasteiger partial charge is 0.455 e. The number of rotatable bonds is 7. The summed E-state index contributed by atoms with van der Waals surface area (Å²) in [5.74, 6) is 0. The standard InChI is InChI=1S/C58H37NOS/c1-2-11-40(12-3-1)49-18-9-20-52-54-37-43(29-36-55(54)60-57(49)52)38-23-30-44(31-24-38)59(45-32-25-41(26-33-45)48-17-8-14-39-13-4-5-15-47(39)48)46-34-27-42(28-35-46)50-19-10-21-53-51-16-6-7-22-56(51)61-58(50)53/h1-37H. The molecule has 0 atom stereocenters. The van der Waals surface area contributed by atoms with Gasteiger partial charge in [0.1, 0.15) is 11.2 Å². The highest BCUT2D eigenvalue weighted by atomic mass is 32.1. The van der Waals surface area contributed by atoms with Crippen molar-refractivity contribution < 1.29 is 4.42 Å². The van der Waals surface area contributed by atoms with E-state index in [4.69, 9.17) is 4.42 Å². The Bertz CT molecular complexity index is 3560. The van der Waals surface area contributed by atoms with Crippen LogP contribution in [0.5, 0.6) is 0 Å². The Kier molecular flexibility index (Phi) is 8.39. The fourth-order valence-electron chi connectivity index (χ4n) is 9.11. The normalized spacial score (nSPS) is 11.6. The van der Waals surface area contributed by atoms with Gasteiger partial charge in [0.25, 0.3) is 0 Å². The molecule has 0 aliphatic carbocycles. The molecule has 10 aromatic carbocycles. The van der Waals surface area contributed by atoms with E-state index in [0.717, 1.165) is 61.3 Å². The third-order valence-electron chi connectivity index (χ3n) is 12.1. The first-order valence-electron chi connectivity index (χ1n) is 20.7. The predicted molar refractivity (Wildman–Crippen MR) is 261 cm³/mol. The van der Waals surface area contributed by atoms with Crippen LogP contribution in [-0.2, 0) is 0 Å². The second kappa shape index (κ2) is 14.5. The lowest BCUT2D eigenvalue weighted by Gasteiger charge is -2.26. The van der Waals surface area contributed by atoms with Crippen molar-refractivity contribution in [2.45, 2.75) is 0 Å². The molecule has 2 aromatic heterocycles. The van der Waals surface area contributed by atoms with Gasteiger partial charge in [-0.25, -0.2) is 0 Å². The molecule has 0 fully saturated rings. The van der Waals surface area contributed by atoms with Gasteiger partial charge in [0.05, 0.1) is 0 Å². The van der Waals surface area contributed by atoms with Crippen molar-refractivity contribution in [3.63, 3.8) is 0 Å². The number of hydrogen-bond donors (Lipinski definition) is 0. The monoisotopic (exact) mass is 795 g/mol. The highest BCUT2D eigenvalue weighted by Crippen LogP contribution is 2.43. The van der Waals surface area contributed by atoms with E-state index >= 15 is 0 Å². The summed E-state index contributed by atoms with van der Waals surface area (Å²) in [6, 6.07) is 81.0. The fraction of sp³-hybridized carbons (Fsp3) is 0. The molecule has 0 saturated carbocycles. The summed E-state index contributed by atoms with van der Waals surface area (Å²) in [6.07, 6.45) is 0. The lowest BCUT2D eigenvalue weighted by atomic mass is 9.98. The van der Waals surface area contributed by atoms with Crippen molar-refractivity contribution in [1.29, 1.82) is 0 Å². The quantitative estimate of drug-likeness (QED) is 0.160. The Labute approximate surface area is 357 Å². The minimum absolute atomic E-state index is 0.893. The van der Waals surface area contributed by atoms with Gasteiger partial charge in [0.15, 0.2) is 0 Å². The molecule has 2 nitrogen and oxygen atoms in total. The highest BCUT2D eigenvalue weighted by molar-refractivity contribution is 7.26. The Balaban J connectivity index is 0.930. The molecule has 286 valence electrons. The van der Waals surface area contributed by atoms with E-state index in [2.05, 4.69) is 223 Å². The average Bonchev–Trinajstić information content (AvgIpc) is 3.91. The molecule has 12 rings (SSSR count). The molecule has 0 N–H and O–H groups in total. The molecule has 3 heteroatoms. The molecule has 0 spiro atoms. The summed E-state index contributed by atoms with van der Waals surface area (Å²) in [7, 11) is 0. The summed E-state index contributed by atoms with van der Waals surface area (Å²) in [4.78, 5) is 2.36. The van der Waals surface area contributed by atoms with Crippen molar-refractivity contribution in [3.05, 3.63) is 224 Å². The molecular weight excluding hydrogens is 759 g/mol. The zero-order valence-electron chi connectivity index (χ0n) is 33.1. The SMILES string of the molecule is c1ccc(-c2cccc3c2oc2ccc(-c4ccc(N(c5ccc(-c6cccc7ccccc67)cc5)c5ccc(-c6cccc7c6sc6ccccc67)cc5)cc4)cc23)cc1. The van der Waals surface area contributed by atoms with Crippen molar-refractivity contribution in [3.8, 4) is 44.5 Å². The third-order valence-corrected chi connectivity index (χ3v) is 13.3. The van der Waals surface area contributed by atoms with E-state index in [1.54, 1.807) is 0 Å². The van der Waals surface area contributed by atoms with Crippen molar-refractivity contribution >= 4 is 81.3 Å². The second-order valence-corrected chi connectivity index (χ2v) is 16.7. The molecule has 0 saturated heterocycles. The maximum absolute atomic E-state index is 6.50. The lowest BCUT2D eigenvalue weighted by molar-refractivity contribution is 0.670. The fourth-order valence-corrected chi connectivity index (χ4v) is 10.3. The molecule has 61 heavy (non-hydrogen) atoms. The van der Waals surface area contributed by atoms with Gasteiger partial charge in [-0.1, -0.05) is 170 Å². The minimum Gasteiger partial charge on any atom is -0.455 e. The van der Waals surface area contributed by atoms with Crippen LogP contribution in [0, 0.1) is 0 Å². The number of thiophene rings is 1. The number of furan rings is 1. The predicted octanol–water partition coefficient (Wildman–Crippen LogP) is 17.2. The smallest absolute Gasteiger partial charge is 0.143 e. The van der Waals surface area contributed by atoms with Crippen LogP contribution in [0.15, 0.2) is 229 Å². The van der Waals surface area contributed by atoms with E-state index in [1.165, 1.54) is 53.2 Å². The van der Waals surface area contributed by atoms with Gasteiger partial charge in [0.2, 0.25) is 0 Å². The van der Waals surface area contributed by atoms with Gasteiger partial charge in [-0.15, -0.1) is 11.3 Å². The first-order valence-corrected chi connectivity index (χ1v) is 21.6. The Morgan fingerprint density at radius 1 is 0.328 bits per heavy atom. The van der Waals surface area contributed by atoms with Crippen molar-refractivity contribution in [1.82, 2.24) is 0 Å². The maximum atomic E-state index is 6.50. The molecule has 12 aromatic rings. The summed E-state index contributed by atoms with van der Waals surface area (Å²) in [6.45, 7) is 0. The molecule has 0 unspecified atom stereocenters.